The summed E-state index contributed by atoms with van der Waals surface area (Å²) in [7, 11) is -2.03. The number of nitrogens with zero attached hydrogens (tertiary/aromatic N) is 3. The van der Waals surface area contributed by atoms with Gasteiger partial charge in [-0.05, 0) is 31.2 Å². The summed E-state index contributed by atoms with van der Waals surface area (Å²) in [5.41, 5.74) is 0. The van der Waals surface area contributed by atoms with E-state index in [1.54, 1.807) is 25.1 Å². The maximum Gasteiger partial charge on any atom is 0.243 e. The minimum atomic E-state index is -3.56. The number of sulfonamides is 1. The van der Waals surface area contributed by atoms with Gasteiger partial charge in [0.2, 0.25) is 15.9 Å². The fourth-order valence-electron chi connectivity index (χ4n) is 2.84. The smallest absolute Gasteiger partial charge is 0.243 e. The van der Waals surface area contributed by atoms with Crippen LogP contribution >= 0.6 is 0 Å². The van der Waals surface area contributed by atoms with Gasteiger partial charge in [0, 0.05) is 32.2 Å². The van der Waals surface area contributed by atoms with Gasteiger partial charge in [0.15, 0.2) is 5.82 Å². The van der Waals surface area contributed by atoms with Crippen LogP contribution in [0.3, 0.4) is 0 Å². The predicted molar refractivity (Wildman–Crippen MR) is 98.1 cm³/mol. The molecule has 0 spiro atoms. The Morgan fingerprint density at radius 1 is 1.22 bits per heavy atom. The first-order valence-corrected chi connectivity index (χ1v) is 9.92. The van der Waals surface area contributed by atoms with E-state index in [0.29, 0.717) is 43.5 Å². The highest BCUT2D eigenvalue weighted by Crippen LogP contribution is 2.20. The number of nitrogens with one attached hydrogen (secondary N) is 1. The fourth-order valence-corrected chi connectivity index (χ4v) is 4.26. The molecule has 0 radical (unpaired) electrons. The van der Waals surface area contributed by atoms with Crippen LogP contribution in [0.1, 0.15) is 5.76 Å². The lowest BCUT2D eigenvalue weighted by Crippen LogP contribution is -2.50. The van der Waals surface area contributed by atoms with E-state index in [1.807, 2.05) is 4.90 Å². The third-order valence-electron chi connectivity index (χ3n) is 4.29. The van der Waals surface area contributed by atoms with Crippen molar-refractivity contribution >= 4 is 21.7 Å². The third kappa shape index (κ3) is 4.65. The number of aromatic nitrogens is 1. The van der Waals surface area contributed by atoms with Crippen LogP contribution in [0.25, 0.3) is 0 Å². The molecular formula is C17H22N4O5S. The van der Waals surface area contributed by atoms with Crippen LogP contribution < -0.4 is 10.1 Å². The molecule has 1 aromatic carbocycles. The van der Waals surface area contributed by atoms with E-state index in [9.17, 15) is 13.2 Å². The molecule has 3 rings (SSSR count). The monoisotopic (exact) mass is 394 g/mol. The summed E-state index contributed by atoms with van der Waals surface area (Å²) in [4.78, 5) is 14.2. The third-order valence-corrected chi connectivity index (χ3v) is 6.20. The lowest BCUT2D eigenvalue weighted by atomic mass is 10.3. The van der Waals surface area contributed by atoms with E-state index in [4.69, 9.17) is 9.26 Å². The van der Waals surface area contributed by atoms with Gasteiger partial charge in [0.1, 0.15) is 11.5 Å². The second-order valence-corrected chi connectivity index (χ2v) is 8.16. The first-order chi connectivity index (χ1) is 12.9. The average molecular weight is 394 g/mol. The molecule has 1 aromatic heterocycles. The van der Waals surface area contributed by atoms with Crippen LogP contribution in [0.5, 0.6) is 5.75 Å². The average Bonchev–Trinajstić information content (AvgIpc) is 3.06. The van der Waals surface area contributed by atoms with E-state index < -0.39 is 10.0 Å². The first-order valence-electron chi connectivity index (χ1n) is 8.48. The molecule has 0 saturated carbocycles. The molecule has 1 fully saturated rings. The van der Waals surface area contributed by atoms with E-state index in [2.05, 4.69) is 10.5 Å². The molecule has 1 aliphatic rings. The highest BCUT2D eigenvalue weighted by Gasteiger charge is 2.29. The standard InChI is InChI=1S/C17H22N4O5S/c1-13-11-16(19-26-13)18-17(22)12-20-7-9-21(10-8-20)27(23,24)15-5-3-14(25-2)4-6-15/h3-6,11H,7-10,12H2,1-2H3,(H,18,19,22). The van der Waals surface area contributed by atoms with Gasteiger partial charge < -0.3 is 14.6 Å². The van der Waals surface area contributed by atoms with Crippen LogP contribution in [-0.2, 0) is 14.8 Å². The Kier molecular flexibility index (Phi) is 5.78. The summed E-state index contributed by atoms with van der Waals surface area (Å²) in [6.07, 6.45) is 0. The molecule has 1 N–H and O–H groups in total. The molecule has 0 aliphatic carbocycles. The van der Waals surface area contributed by atoms with E-state index in [1.165, 1.54) is 23.5 Å². The zero-order chi connectivity index (χ0) is 19.4. The molecule has 1 amide bonds. The second-order valence-electron chi connectivity index (χ2n) is 6.23. The minimum Gasteiger partial charge on any atom is -0.497 e. The number of amides is 1. The SMILES string of the molecule is COc1ccc(S(=O)(=O)N2CCN(CC(=O)Nc3cc(C)on3)CC2)cc1. The van der Waals surface area contributed by atoms with Crippen molar-refractivity contribution in [3.63, 3.8) is 0 Å². The molecule has 0 atom stereocenters. The summed E-state index contributed by atoms with van der Waals surface area (Å²) >= 11 is 0. The number of hydrogen-bond donors (Lipinski definition) is 1. The molecule has 2 heterocycles. The predicted octanol–water partition coefficient (Wildman–Crippen LogP) is 0.937. The van der Waals surface area contributed by atoms with E-state index in [-0.39, 0.29) is 17.3 Å². The number of hydrogen-bond acceptors (Lipinski definition) is 7. The van der Waals surface area contributed by atoms with Gasteiger partial charge in [-0.15, -0.1) is 0 Å². The van der Waals surface area contributed by atoms with Crippen molar-refractivity contribution in [1.29, 1.82) is 0 Å². The fraction of sp³-hybridized carbons (Fsp3) is 0.412. The number of aryl methyl sites for hydroxylation is 1. The Balaban J connectivity index is 1.53. The lowest BCUT2D eigenvalue weighted by Gasteiger charge is -2.33. The molecule has 1 saturated heterocycles. The maximum atomic E-state index is 12.7. The number of ether oxygens (including phenoxy) is 1. The van der Waals surface area contributed by atoms with Gasteiger partial charge in [0.25, 0.3) is 0 Å². The summed E-state index contributed by atoms with van der Waals surface area (Å²) < 4.78 is 36.9. The zero-order valence-electron chi connectivity index (χ0n) is 15.2. The summed E-state index contributed by atoms with van der Waals surface area (Å²) in [6, 6.07) is 7.96. The number of rotatable bonds is 6. The molecule has 9 nitrogen and oxygen atoms in total. The Hall–Kier alpha value is -2.43. The maximum absolute atomic E-state index is 12.7. The number of methoxy groups -OCH3 is 1. The van der Waals surface area contributed by atoms with Crippen molar-refractivity contribution in [2.24, 2.45) is 0 Å². The lowest BCUT2D eigenvalue weighted by molar-refractivity contribution is -0.117. The normalized spacial score (nSPS) is 16.2. The van der Waals surface area contributed by atoms with Gasteiger partial charge in [-0.2, -0.15) is 4.31 Å². The van der Waals surface area contributed by atoms with Crippen molar-refractivity contribution in [3.05, 3.63) is 36.1 Å². The van der Waals surface area contributed by atoms with Crippen LogP contribution in [-0.4, -0.2) is 68.5 Å². The number of carbonyl (C=O) groups excluding carboxylic acids is 1. The highest BCUT2D eigenvalue weighted by molar-refractivity contribution is 7.89. The first kappa shape index (κ1) is 19.3. The van der Waals surface area contributed by atoms with Gasteiger partial charge in [-0.3, -0.25) is 9.69 Å². The molecular weight excluding hydrogens is 372 g/mol. The highest BCUT2D eigenvalue weighted by atomic mass is 32.2. The Labute approximate surface area is 157 Å². The molecule has 27 heavy (non-hydrogen) atoms. The molecule has 0 bridgehead atoms. The molecule has 146 valence electrons. The Morgan fingerprint density at radius 2 is 1.89 bits per heavy atom. The summed E-state index contributed by atoms with van der Waals surface area (Å²) in [6.45, 7) is 3.50. The number of piperazine rings is 1. The molecule has 2 aromatic rings. The number of carbonyl (C=O) groups is 1. The molecule has 0 unspecified atom stereocenters. The zero-order valence-corrected chi connectivity index (χ0v) is 16.0. The summed E-state index contributed by atoms with van der Waals surface area (Å²) in [5, 5.41) is 6.38. The van der Waals surface area contributed by atoms with Gasteiger partial charge in [-0.1, -0.05) is 5.16 Å². The quantitative estimate of drug-likeness (QED) is 0.777. The summed E-state index contributed by atoms with van der Waals surface area (Å²) in [5.74, 6) is 1.38. The topological polar surface area (TPSA) is 105 Å². The van der Waals surface area contributed by atoms with Crippen molar-refractivity contribution < 1.29 is 22.5 Å². The molecule has 10 heteroatoms. The second kappa shape index (κ2) is 8.07. The van der Waals surface area contributed by atoms with Gasteiger partial charge >= 0.3 is 0 Å². The largest absolute Gasteiger partial charge is 0.497 e. The van der Waals surface area contributed by atoms with Crippen molar-refractivity contribution in [3.8, 4) is 5.75 Å². The van der Waals surface area contributed by atoms with Crippen LogP contribution in [0, 0.1) is 6.92 Å². The van der Waals surface area contributed by atoms with Crippen LogP contribution in [0.15, 0.2) is 39.8 Å². The number of benzene rings is 1. The van der Waals surface area contributed by atoms with Crippen molar-refractivity contribution in [2.45, 2.75) is 11.8 Å². The van der Waals surface area contributed by atoms with E-state index in [0.717, 1.165) is 0 Å². The van der Waals surface area contributed by atoms with Gasteiger partial charge in [0.05, 0.1) is 18.6 Å². The minimum absolute atomic E-state index is 0.169. The molecule has 1 aliphatic heterocycles. The van der Waals surface area contributed by atoms with Crippen molar-refractivity contribution in [2.75, 3.05) is 45.2 Å². The number of anilines is 1. The van der Waals surface area contributed by atoms with Crippen LogP contribution in [0.4, 0.5) is 5.82 Å². The Morgan fingerprint density at radius 3 is 2.44 bits per heavy atom. The van der Waals surface area contributed by atoms with Crippen molar-refractivity contribution in [1.82, 2.24) is 14.4 Å². The van der Waals surface area contributed by atoms with E-state index >= 15 is 0 Å². The Bertz CT molecular complexity index is 886. The van der Waals surface area contributed by atoms with Gasteiger partial charge in [-0.25, -0.2) is 8.42 Å². The van der Waals surface area contributed by atoms with Crippen LogP contribution in [0.2, 0.25) is 0 Å².